The van der Waals surface area contributed by atoms with Crippen molar-refractivity contribution in [2.75, 3.05) is 37.6 Å². The number of anilines is 1. The number of carbonyl (C=O) groups is 2. The monoisotopic (exact) mass is 615 g/mol. The summed E-state index contributed by atoms with van der Waals surface area (Å²) in [6.07, 6.45) is 20.6. The number of hydrogen-bond donors (Lipinski definition) is 2. The molecule has 2 fully saturated rings. The Morgan fingerprint density at radius 2 is 1.36 bits per heavy atom. The Morgan fingerprint density at radius 1 is 0.818 bits per heavy atom. The molecule has 9 heteroatoms. The van der Waals surface area contributed by atoms with Crippen LogP contribution in [0, 0.1) is 5.82 Å². The number of likely N-dealkylation sites (N-methyl/N-ethyl adjacent to an activating group) is 1. The van der Waals surface area contributed by atoms with Crippen molar-refractivity contribution in [1.82, 2.24) is 9.47 Å². The smallest absolute Gasteiger partial charge is 0.341 e. The van der Waals surface area contributed by atoms with Crippen LogP contribution in [0.2, 0.25) is 0 Å². The van der Waals surface area contributed by atoms with Gasteiger partial charge in [-0.3, -0.25) is 9.59 Å². The third-order valence-corrected chi connectivity index (χ3v) is 8.93. The van der Waals surface area contributed by atoms with E-state index in [-0.39, 0.29) is 17.0 Å². The number of pyridine rings is 1. The lowest BCUT2D eigenvalue weighted by molar-refractivity contribution is -0.137. The second kappa shape index (κ2) is 18.8. The highest BCUT2D eigenvalue weighted by atomic mass is 19.1. The van der Waals surface area contributed by atoms with Crippen molar-refractivity contribution < 1.29 is 24.2 Å². The summed E-state index contributed by atoms with van der Waals surface area (Å²) < 4.78 is 16.6. The molecule has 2 heterocycles. The highest BCUT2D eigenvalue weighted by Crippen LogP contribution is 2.38. The van der Waals surface area contributed by atoms with Gasteiger partial charge < -0.3 is 24.6 Å². The molecule has 1 saturated heterocycles. The van der Waals surface area contributed by atoms with Gasteiger partial charge in [-0.25, -0.2) is 9.18 Å². The average Bonchev–Trinajstić information content (AvgIpc) is 3.85. The van der Waals surface area contributed by atoms with Crippen LogP contribution >= 0.6 is 0 Å². The highest BCUT2D eigenvalue weighted by molar-refractivity contribution is 5.93. The van der Waals surface area contributed by atoms with Gasteiger partial charge in [-0.15, -0.1) is 0 Å². The van der Waals surface area contributed by atoms with Crippen molar-refractivity contribution in [3.05, 3.63) is 39.9 Å². The number of aliphatic carboxylic acids is 1. The molecule has 0 spiro atoms. The standard InChI is InChI=1S/C19H22FN3O3.C16H32O2/c1-2-21-5-7-22(8-6-21)17-10-16-13(9-15(17)20)18(24)14(19(25)26)11-23(16)12-3-4-12;1-2-3-4-5-6-7-8-9-10-11-12-13-14-15-16(17)18/h9-12H,2-8H2,1H3,(H,25,26);2-15H2,1H3,(H,17,18). The largest absolute Gasteiger partial charge is 0.481 e. The van der Waals surface area contributed by atoms with E-state index in [1.807, 2.05) is 9.47 Å². The lowest BCUT2D eigenvalue weighted by Gasteiger charge is -2.35. The molecule has 1 saturated carbocycles. The summed E-state index contributed by atoms with van der Waals surface area (Å²) in [7, 11) is 0. The van der Waals surface area contributed by atoms with Crippen LogP contribution in [0.25, 0.3) is 10.9 Å². The molecule has 2 aliphatic rings. The molecule has 0 unspecified atom stereocenters. The van der Waals surface area contributed by atoms with Gasteiger partial charge in [-0.05, 0) is 37.9 Å². The van der Waals surface area contributed by atoms with Crippen LogP contribution in [-0.2, 0) is 4.79 Å². The highest BCUT2D eigenvalue weighted by Gasteiger charge is 2.28. The fraction of sp³-hybridized carbons (Fsp3) is 0.686. The first-order chi connectivity index (χ1) is 21.3. The fourth-order valence-corrected chi connectivity index (χ4v) is 6.01. The van der Waals surface area contributed by atoms with Gasteiger partial charge >= 0.3 is 11.9 Å². The molecule has 1 aliphatic heterocycles. The van der Waals surface area contributed by atoms with E-state index in [2.05, 4.69) is 18.7 Å². The maximum atomic E-state index is 14.8. The summed E-state index contributed by atoms with van der Waals surface area (Å²) in [4.78, 5) is 38.5. The number of fused-ring (bicyclic) bond motifs is 1. The zero-order valence-electron chi connectivity index (χ0n) is 27.0. The Hall–Kier alpha value is -2.94. The zero-order chi connectivity index (χ0) is 31.9. The Morgan fingerprint density at radius 3 is 1.84 bits per heavy atom. The Bertz CT molecular complexity index is 1250. The molecule has 0 atom stereocenters. The number of carboxylic acid groups (broad SMARTS) is 2. The van der Waals surface area contributed by atoms with Gasteiger partial charge in [0.2, 0.25) is 5.43 Å². The summed E-state index contributed by atoms with van der Waals surface area (Å²) in [5, 5.41) is 17.9. The third kappa shape index (κ3) is 11.2. The van der Waals surface area contributed by atoms with Crippen LogP contribution in [0.5, 0.6) is 0 Å². The molecular formula is C35H54FN3O5. The molecule has 0 amide bonds. The first-order valence-electron chi connectivity index (χ1n) is 17.1. The number of rotatable bonds is 18. The minimum atomic E-state index is -1.27. The summed E-state index contributed by atoms with van der Waals surface area (Å²) in [5.41, 5.74) is 0.195. The fourth-order valence-electron chi connectivity index (χ4n) is 6.01. The van der Waals surface area contributed by atoms with Crippen molar-refractivity contribution in [3.63, 3.8) is 0 Å². The number of halogens is 1. The molecule has 2 aromatic rings. The normalized spacial score (nSPS) is 15.3. The van der Waals surface area contributed by atoms with Gasteiger partial charge in [-0.1, -0.05) is 90.9 Å². The molecule has 1 aromatic carbocycles. The second-order valence-corrected chi connectivity index (χ2v) is 12.4. The molecule has 0 radical (unpaired) electrons. The van der Waals surface area contributed by atoms with Crippen LogP contribution in [0.4, 0.5) is 10.1 Å². The number of nitrogens with zero attached hydrogens (tertiary/aromatic N) is 3. The number of aromatic carboxylic acids is 1. The van der Waals surface area contributed by atoms with Gasteiger partial charge in [0.05, 0.1) is 11.2 Å². The molecule has 2 N–H and O–H groups in total. The molecular weight excluding hydrogens is 561 g/mol. The van der Waals surface area contributed by atoms with E-state index in [4.69, 9.17) is 5.11 Å². The van der Waals surface area contributed by atoms with Crippen LogP contribution in [-0.4, -0.2) is 64.3 Å². The quantitative estimate of drug-likeness (QED) is 0.165. The predicted molar refractivity (Wildman–Crippen MR) is 176 cm³/mol. The maximum absolute atomic E-state index is 14.8. The van der Waals surface area contributed by atoms with Crippen LogP contribution in [0.3, 0.4) is 0 Å². The van der Waals surface area contributed by atoms with Crippen molar-refractivity contribution in [1.29, 1.82) is 0 Å². The number of carboxylic acids is 2. The van der Waals surface area contributed by atoms with Gasteiger partial charge in [0, 0.05) is 50.2 Å². The predicted octanol–water partition coefficient (Wildman–Crippen LogP) is 7.87. The van der Waals surface area contributed by atoms with Crippen LogP contribution in [0.15, 0.2) is 23.1 Å². The molecule has 1 aliphatic carbocycles. The lowest BCUT2D eigenvalue weighted by atomic mass is 10.0. The molecule has 44 heavy (non-hydrogen) atoms. The number of hydrogen-bond acceptors (Lipinski definition) is 5. The van der Waals surface area contributed by atoms with Crippen molar-refractivity contribution in [2.24, 2.45) is 0 Å². The van der Waals surface area contributed by atoms with Gasteiger partial charge in [0.25, 0.3) is 0 Å². The Labute approximate surface area is 262 Å². The Kier molecular flexibility index (Phi) is 15.2. The number of benzene rings is 1. The third-order valence-electron chi connectivity index (χ3n) is 8.93. The summed E-state index contributed by atoms with van der Waals surface area (Å²) in [6, 6.07) is 3.12. The minimum Gasteiger partial charge on any atom is -0.481 e. The van der Waals surface area contributed by atoms with E-state index in [0.29, 0.717) is 17.6 Å². The first kappa shape index (κ1) is 35.5. The number of aromatic nitrogens is 1. The van der Waals surface area contributed by atoms with E-state index in [1.54, 1.807) is 6.07 Å². The van der Waals surface area contributed by atoms with E-state index in [0.717, 1.165) is 58.4 Å². The van der Waals surface area contributed by atoms with E-state index in [1.165, 1.54) is 82.9 Å². The summed E-state index contributed by atoms with van der Waals surface area (Å²) >= 11 is 0. The minimum absolute atomic E-state index is 0.144. The Balaban J connectivity index is 0.000000260. The summed E-state index contributed by atoms with van der Waals surface area (Å²) in [5.74, 6) is -2.39. The van der Waals surface area contributed by atoms with Gasteiger partial charge in [0.1, 0.15) is 11.4 Å². The molecule has 4 rings (SSSR count). The summed E-state index contributed by atoms with van der Waals surface area (Å²) in [6.45, 7) is 8.57. The first-order valence-corrected chi connectivity index (χ1v) is 17.1. The van der Waals surface area contributed by atoms with Crippen LogP contribution < -0.4 is 10.3 Å². The lowest BCUT2D eigenvalue weighted by Crippen LogP contribution is -2.46. The van der Waals surface area contributed by atoms with Crippen molar-refractivity contribution in [3.8, 4) is 0 Å². The SMILES string of the molecule is CCCCCCCCCCCCCCCC(=O)O.CCN1CCN(c2cc3c(cc2F)c(=O)c(C(=O)O)cn3C2CC2)CC1. The number of piperazine rings is 1. The second-order valence-electron chi connectivity index (χ2n) is 12.4. The van der Waals surface area contributed by atoms with Gasteiger partial charge in [-0.2, -0.15) is 0 Å². The van der Waals surface area contributed by atoms with E-state index < -0.39 is 23.2 Å². The van der Waals surface area contributed by atoms with Gasteiger partial charge in [0.15, 0.2) is 0 Å². The van der Waals surface area contributed by atoms with Crippen molar-refractivity contribution in [2.45, 2.75) is 123 Å². The molecule has 1 aromatic heterocycles. The topological polar surface area (TPSA) is 103 Å². The van der Waals surface area contributed by atoms with Crippen molar-refractivity contribution >= 4 is 28.5 Å². The van der Waals surface area contributed by atoms with E-state index in [9.17, 15) is 23.9 Å². The maximum Gasteiger partial charge on any atom is 0.341 e. The molecule has 0 bridgehead atoms. The van der Waals surface area contributed by atoms with Crippen LogP contribution in [0.1, 0.15) is 133 Å². The van der Waals surface area contributed by atoms with E-state index >= 15 is 0 Å². The zero-order valence-corrected chi connectivity index (χ0v) is 27.0. The number of unbranched alkanes of at least 4 members (excludes halogenated alkanes) is 12. The molecule has 246 valence electrons. The average molecular weight is 616 g/mol. The molecule has 8 nitrogen and oxygen atoms in total.